The van der Waals surface area contributed by atoms with E-state index in [2.05, 4.69) is 36.7 Å². The lowest BCUT2D eigenvalue weighted by molar-refractivity contribution is -0.137. The maximum atomic E-state index is 12.6. The fourth-order valence-corrected chi connectivity index (χ4v) is 4.07. The second kappa shape index (κ2) is 10.9. The molecule has 35 heavy (non-hydrogen) atoms. The van der Waals surface area contributed by atoms with Gasteiger partial charge >= 0.3 is 6.18 Å². The van der Waals surface area contributed by atoms with Crippen LogP contribution in [-0.2, 0) is 11.0 Å². The molecular formula is C24H17BrF3N5OS. The van der Waals surface area contributed by atoms with Gasteiger partial charge in [-0.15, -0.1) is 10.2 Å². The summed E-state index contributed by atoms with van der Waals surface area (Å²) in [6, 6.07) is 21.7. The van der Waals surface area contributed by atoms with Crippen LogP contribution in [0.1, 0.15) is 11.1 Å². The van der Waals surface area contributed by atoms with E-state index in [9.17, 15) is 18.0 Å². The second-order valence-electron chi connectivity index (χ2n) is 7.19. The van der Waals surface area contributed by atoms with Gasteiger partial charge in [0.2, 0.25) is 0 Å². The van der Waals surface area contributed by atoms with Crippen molar-refractivity contribution in [2.45, 2.75) is 11.3 Å². The van der Waals surface area contributed by atoms with Crippen molar-refractivity contribution >= 4 is 39.8 Å². The van der Waals surface area contributed by atoms with Crippen molar-refractivity contribution in [3.8, 4) is 17.1 Å². The van der Waals surface area contributed by atoms with Crippen molar-refractivity contribution in [1.29, 1.82) is 0 Å². The van der Waals surface area contributed by atoms with Crippen molar-refractivity contribution < 1.29 is 18.0 Å². The number of amides is 1. The van der Waals surface area contributed by atoms with Crippen LogP contribution in [0.25, 0.3) is 17.1 Å². The summed E-state index contributed by atoms with van der Waals surface area (Å²) in [5.74, 6) is 0.245. The lowest BCUT2D eigenvalue weighted by atomic mass is 10.1. The average Bonchev–Trinajstić information content (AvgIpc) is 3.27. The number of hydrogen-bond acceptors (Lipinski definition) is 5. The minimum absolute atomic E-state index is 0.00774. The van der Waals surface area contributed by atoms with Gasteiger partial charge in [-0.05, 0) is 42.0 Å². The molecular weight excluding hydrogens is 543 g/mol. The maximum absolute atomic E-state index is 12.6. The monoisotopic (exact) mass is 559 g/mol. The molecule has 178 valence electrons. The minimum Gasteiger partial charge on any atom is -0.272 e. The molecule has 0 fully saturated rings. The molecule has 0 spiro atoms. The Hall–Kier alpha value is -3.44. The van der Waals surface area contributed by atoms with Crippen LogP contribution in [-0.4, -0.2) is 32.6 Å². The maximum Gasteiger partial charge on any atom is 0.416 e. The Balaban J connectivity index is 1.44. The SMILES string of the molecule is O=C(CSc1nnc(-c2ccccc2)n1-c1ccc(Br)cc1)N/N=C/c1ccc(C(F)(F)F)cc1. The first-order valence-corrected chi connectivity index (χ1v) is 12.0. The number of benzene rings is 3. The summed E-state index contributed by atoms with van der Waals surface area (Å²) in [5.41, 5.74) is 3.76. The van der Waals surface area contributed by atoms with E-state index in [1.54, 1.807) is 0 Å². The van der Waals surface area contributed by atoms with Gasteiger partial charge in [-0.25, -0.2) is 5.43 Å². The molecule has 4 aromatic rings. The Labute approximate surface area is 211 Å². The van der Waals surface area contributed by atoms with Gasteiger partial charge in [-0.3, -0.25) is 9.36 Å². The largest absolute Gasteiger partial charge is 0.416 e. The molecule has 0 saturated heterocycles. The summed E-state index contributed by atoms with van der Waals surface area (Å²) in [7, 11) is 0. The van der Waals surface area contributed by atoms with E-state index >= 15 is 0 Å². The molecule has 0 saturated carbocycles. The van der Waals surface area contributed by atoms with Crippen LogP contribution in [0.3, 0.4) is 0 Å². The Morgan fingerprint density at radius 2 is 1.69 bits per heavy atom. The molecule has 1 heterocycles. The molecule has 0 unspecified atom stereocenters. The van der Waals surface area contributed by atoms with Gasteiger partial charge in [0.25, 0.3) is 5.91 Å². The fraction of sp³-hybridized carbons (Fsp3) is 0.0833. The smallest absolute Gasteiger partial charge is 0.272 e. The first kappa shape index (κ1) is 24.7. The molecule has 1 aromatic heterocycles. The molecule has 4 rings (SSSR count). The summed E-state index contributed by atoms with van der Waals surface area (Å²) in [6.45, 7) is 0. The van der Waals surface area contributed by atoms with Gasteiger partial charge in [0, 0.05) is 15.7 Å². The molecule has 0 bridgehead atoms. The summed E-state index contributed by atoms with van der Waals surface area (Å²) in [4.78, 5) is 12.3. The third-order valence-electron chi connectivity index (χ3n) is 4.72. The van der Waals surface area contributed by atoms with Crippen LogP contribution in [0, 0.1) is 0 Å². The highest BCUT2D eigenvalue weighted by molar-refractivity contribution is 9.10. The molecule has 11 heteroatoms. The molecule has 3 aromatic carbocycles. The topological polar surface area (TPSA) is 72.2 Å². The Morgan fingerprint density at radius 1 is 1.00 bits per heavy atom. The van der Waals surface area contributed by atoms with Crippen molar-refractivity contribution in [3.05, 3.63) is 94.5 Å². The van der Waals surface area contributed by atoms with Crippen LogP contribution in [0.15, 0.2) is 93.6 Å². The zero-order chi connectivity index (χ0) is 24.8. The zero-order valence-corrected chi connectivity index (χ0v) is 20.3. The summed E-state index contributed by atoms with van der Waals surface area (Å²) >= 11 is 4.62. The Morgan fingerprint density at radius 3 is 2.34 bits per heavy atom. The normalized spacial score (nSPS) is 11.7. The molecule has 0 atom stereocenters. The summed E-state index contributed by atoms with van der Waals surface area (Å²) in [6.07, 6.45) is -3.13. The predicted molar refractivity (Wildman–Crippen MR) is 132 cm³/mol. The van der Waals surface area contributed by atoms with Gasteiger partial charge in [-0.2, -0.15) is 18.3 Å². The summed E-state index contributed by atoms with van der Waals surface area (Å²) in [5, 5.41) is 12.9. The lowest BCUT2D eigenvalue weighted by Crippen LogP contribution is -2.20. The summed E-state index contributed by atoms with van der Waals surface area (Å²) < 4.78 is 40.7. The van der Waals surface area contributed by atoms with Crippen LogP contribution in [0.4, 0.5) is 13.2 Å². The highest BCUT2D eigenvalue weighted by Crippen LogP contribution is 2.29. The van der Waals surface area contributed by atoms with E-state index in [0.717, 1.165) is 27.9 Å². The first-order chi connectivity index (χ1) is 16.8. The van der Waals surface area contributed by atoms with Gasteiger partial charge in [-0.1, -0.05) is 70.2 Å². The number of alkyl halides is 3. The van der Waals surface area contributed by atoms with Crippen molar-refractivity contribution in [2.75, 3.05) is 5.75 Å². The number of carbonyl (C=O) groups is 1. The first-order valence-electron chi connectivity index (χ1n) is 10.2. The lowest BCUT2D eigenvalue weighted by Gasteiger charge is -2.10. The standard InChI is InChI=1S/C24H17BrF3N5OS/c25-19-10-12-20(13-11-19)33-22(17-4-2-1-3-5-17)31-32-23(33)35-15-21(34)30-29-14-16-6-8-18(9-7-16)24(26,27)28/h1-14H,15H2,(H,30,34)/b29-14+. The molecule has 6 nitrogen and oxygen atoms in total. The second-order valence-corrected chi connectivity index (χ2v) is 9.04. The number of aromatic nitrogens is 3. The van der Waals surface area contributed by atoms with Crippen molar-refractivity contribution in [2.24, 2.45) is 5.10 Å². The van der Waals surface area contributed by atoms with Gasteiger partial charge in [0.15, 0.2) is 11.0 Å². The van der Waals surface area contributed by atoms with Crippen LogP contribution >= 0.6 is 27.7 Å². The zero-order valence-electron chi connectivity index (χ0n) is 17.9. The molecule has 1 N–H and O–H groups in total. The van der Waals surface area contributed by atoms with E-state index in [4.69, 9.17) is 0 Å². The molecule has 0 radical (unpaired) electrons. The van der Waals surface area contributed by atoms with E-state index in [0.29, 0.717) is 16.5 Å². The highest BCUT2D eigenvalue weighted by atomic mass is 79.9. The third kappa shape index (κ3) is 6.37. The molecule has 0 aliphatic heterocycles. The van der Waals surface area contributed by atoms with Crippen molar-refractivity contribution in [3.63, 3.8) is 0 Å². The number of nitrogens with one attached hydrogen (secondary N) is 1. The number of hydrazone groups is 1. The number of rotatable bonds is 7. The number of thioether (sulfide) groups is 1. The third-order valence-corrected chi connectivity index (χ3v) is 6.18. The molecule has 1 amide bonds. The van der Waals surface area contributed by atoms with Gasteiger partial charge in [0.1, 0.15) is 0 Å². The van der Waals surface area contributed by atoms with E-state index in [1.165, 1.54) is 30.1 Å². The van der Waals surface area contributed by atoms with Crippen molar-refractivity contribution in [1.82, 2.24) is 20.2 Å². The molecule has 0 aliphatic rings. The van der Waals surface area contributed by atoms with Gasteiger partial charge < -0.3 is 0 Å². The predicted octanol–water partition coefficient (Wildman–Crippen LogP) is 5.96. The number of hydrogen-bond donors (Lipinski definition) is 1. The fourth-order valence-electron chi connectivity index (χ4n) is 3.06. The highest BCUT2D eigenvalue weighted by Gasteiger charge is 2.29. The Bertz CT molecular complexity index is 1320. The van der Waals surface area contributed by atoms with Crippen LogP contribution in [0.5, 0.6) is 0 Å². The Kier molecular flexibility index (Phi) is 7.67. The molecule has 0 aliphatic carbocycles. The van der Waals surface area contributed by atoms with E-state index in [1.807, 2.05) is 59.2 Å². The van der Waals surface area contributed by atoms with Gasteiger partial charge in [0.05, 0.1) is 17.5 Å². The number of halogens is 4. The van der Waals surface area contributed by atoms with E-state index < -0.39 is 17.6 Å². The van der Waals surface area contributed by atoms with Crippen LogP contribution < -0.4 is 5.43 Å². The average molecular weight is 560 g/mol. The number of nitrogens with zero attached hydrogens (tertiary/aromatic N) is 4. The minimum atomic E-state index is -4.40. The number of carbonyl (C=O) groups excluding carboxylic acids is 1. The van der Waals surface area contributed by atoms with E-state index in [-0.39, 0.29) is 5.75 Å². The van der Waals surface area contributed by atoms with Crippen LogP contribution in [0.2, 0.25) is 0 Å². The quantitative estimate of drug-likeness (QED) is 0.172.